The van der Waals surface area contributed by atoms with Gasteiger partial charge in [0.2, 0.25) is 0 Å². The van der Waals surface area contributed by atoms with E-state index in [0.717, 1.165) is 0 Å². The van der Waals surface area contributed by atoms with Crippen molar-refractivity contribution in [2.45, 2.75) is 12.5 Å². The van der Waals surface area contributed by atoms with Crippen molar-refractivity contribution in [1.29, 1.82) is 0 Å². The molecule has 0 aliphatic rings. The summed E-state index contributed by atoms with van der Waals surface area (Å²) in [5.74, 6) is 0.0534. The van der Waals surface area contributed by atoms with Crippen molar-refractivity contribution in [2.75, 3.05) is 34.4 Å². The van der Waals surface area contributed by atoms with Gasteiger partial charge in [0.15, 0.2) is 0 Å². The van der Waals surface area contributed by atoms with Crippen molar-refractivity contribution in [3.8, 4) is 0 Å². The maximum Gasteiger partial charge on any atom is 0.500 e. The summed E-state index contributed by atoms with van der Waals surface area (Å²) in [6.45, 7) is 4.74. The number of hydrogen-bond donors (Lipinski definition) is 1. The van der Waals surface area contributed by atoms with Crippen LogP contribution in [0.15, 0.2) is 43.1 Å². The van der Waals surface area contributed by atoms with Crippen LogP contribution in [0.25, 0.3) is 0 Å². The van der Waals surface area contributed by atoms with Gasteiger partial charge in [-0.3, -0.25) is 4.79 Å². The Morgan fingerprint density at radius 3 is 2.24 bits per heavy atom. The van der Waals surface area contributed by atoms with Crippen molar-refractivity contribution in [1.82, 2.24) is 4.90 Å². The lowest BCUT2D eigenvalue weighted by Crippen LogP contribution is -2.45. The van der Waals surface area contributed by atoms with Crippen LogP contribution in [-0.2, 0) is 13.3 Å². The van der Waals surface area contributed by atoms with Crippen LogP contribution in [-0.4, -0.2) is 54.0 Å². The monoisotopic (exact) mass is 388 g/mol. The minimum atomic E-state index is -2.68. The van der Waals surface area contributed by atoms with Crippen LogP contribution in [0.2, 0.25) is 6.04 Å². The first kappa shape index (κ1) is 23.8. The molecular formula is C17H29ClN2O4Si. The van der Waals surface area contributed by atoms with Gasteiger partial charge in [0.05, 0.1) is 0 Å². The fourth-order valence-electron chi connectivity index (χ4n) is 2.50. The number of nitrogens with zero attached hydrogens (tertiary/aromatic N) is 1. The van der Waals surface area contributed by atoms with E-state index in [-0.39, 0.29) is 24.2 Å². The third kappa shape index (κ3) is 6.89. The van der Waals surface area contributed by atoms with E-state index >= 15 is 0 Å². The summed E-state index contributed by atoms with van der Waals surface area (Å²) in [5.41, 5.74) is 6.52. The Balaban J connectivity index is 0.00000576. The van der Waals surface area contributed by atoms with Crippen molar-refractivity contribution in [2.24, 2.45) is 11.7 Å². The molecule has 0 aromatic heterocycles. The molecule has 0 fully saturated rings. The van der Waals surface area contributed by atoms with Gasteiger partial charge in [-0.15, -0.1) is 12.4 Å². The van der Waals surface area contributed by atoms with E-state index < -0.39 is 8.80 Å². The van der Waals surface area contributed by atoms with Gasteiger partial charge in [-0.25, -0.2) is 0 Å². The Morgan fingerprint density at radius 1 is 1.24 bits per heavy atom. The lowest BCUT2D eigenvalue weighted by Gasteiger charge is -2.29. The van der Waals surface area contributed by atoms with Crippen LogP contribution in [0.1, 0.15) is 16.8 Å². The number of carbonyl (C=O) groups excluding carboxylic acids is 1. The highest BCUT2D eigenvalue weighted by Gasteiger charge is 2.40. The molecule has 1 rings (SSSR count). The summed E-state index contributed by atoms with van der Waals surface area (Å²) < 4.78 is 16.4. The smallest absolute Gasteiger partial charge is 0.377 e. The topological polar surface area (TPSA) is 74.0 Å². The number of amides is 1. The third-order valence-corrected chi connectivity index (χ3v) is 7.03. The van der Waals surface area contributed by atoms with E-state index in [4.69, 9.17) is 19.0 Å². The predicted octanol–water partition coefficient (Wildman–Crippen LogP) is 2.54. The number of benzene rings is 1. The van der Waals surface area contributed by atoms with Gasteiger partial charge in [-0.05, 0) is 37.2 Å². The summed E-state index contributed by atoms with van der Waals surface area (Å²) in [6, 6.07) is 9.75. The molecule has 0 radical (unpaired) electrons. The largest absolute Gasteiger partial charge is 0.500 e. The second-order valence-corrected chi connectivity index (χ2v) is 8.44. The zero-order valence-electron chi connectivity index (χ0n) is 15.1. The van der Waals surface area contributed by atoms with E-state index in [1.807, 2.05) is 18.2 Å². The summed E-state index contributed by atoms with van der Waals surface area (Å²) in [4.78, 5) is 14.1. The van der Waals surface area contributed by atoms with Crippen molar-refractivity contribution < 1.29 is 18.1 Å². The van der Waals surface area contributed by atoms with Crippen molar-refractivity contribution >= 4 is 27.1 Å². The van der Waals surface area contributed by atoms with Crippen molar-refractivity contribution in [3.05, 3.63) is 48.7 Å². The molecule has 1 aromatic carbocycles. The summed E-state index contributed by atoms with van der Waals surface area (Å²) in [7, 11) is 2.07. The number of nitrogens with two attached hydrogens (primary N) is 1. The molecule has 1 unspecified atom stereocenters. The van der Waals surface area contributed by atoms with Crippen LogP contribution < -0.4 is 5.73 Å². The van der Waals surface area contributed by atoms with E-state index in [2.05, 4.69) is 6.58 Å². The first-order valence-corrected chi connectivity index (χ1v) is 9.83. The number of hydrogen-bond acceptors (Lipinski definition) is 5. The van der Waals surface area contributed by atoms with Crippen LogP contribution in [0.4, 0.5) is 0 Å². The standard InChI is InChI=1S/C17H28N2O4Si.ClH/c1-5-19(17(20)16-9-7-6-8-10-16)12-11-15(13-18)14-24(21-2,22-3)23-4;/h5-10,15H,1,11-14,18H2,2-4H3;1H. The molecule has 0 saturated carbocycles. The Labute approximate surface area is 157 Å². The van der Waals surface area contributed by atoms with E-state index in [1.54, 1.807) is 44.6 Å². The molecule has 8 heteroatoms. The zero-order chi connectivity index (χ0) is 18.0. The Morgan fingerprint density at radius 2 is 1.80 bits per heavy atom. The Bertz CT molecular complexity index is 506. The van der Waals surface area contributed by atoms with E-state index in [0.29, 0.717) is 31.1 Å². The summed E-state index contributed by atoms with van der Waals surface area (Å²) in [6.07, 6.45) is 2.27. The lowest BCUT2D eigenvalue weighted by atomic mass is 10.1. The molecule has 0 bridgehead atoms. The molecule has 0 heterocycles. The van der Waals surface area contributed by atoms with Crippen LogP contribution >= 0.6 is 12.4 Å². The SMILES string of the molecule is C=CN(CCC(CN)C[Si](OC)(OC)OC)C(=O)c1ccccc1.Cl. The zero-order valence-corrected chi connectivity index (χ0v) is 17.0. The Hall–Kier alpha value is -1.22. The molecule has 0 aliphatic heterocycles. The lowest BCUT2D eigenvalue weighted by molar-refractivity contribution is 0.0814. The molecule has 0 saturated heterocycles. The first-order valence-electron chi connectivity index (χ1n) is 7.89. The number of carbonyl (C=O) groups is 1. The maximum absolute atomic E-state index is 12.5. The van der Waals surface area contributed by atoms with Crippen molar-refractivity contribution in [3.63, 3.8) is 0 Å². The summed E-state index contributed by atoms with van der Waals surface area (Å²) >= 11 is 0. The highest BCUT2D eigenvalue weighted by molar-refractivity contribution is 6.60. The van der Waals surface area contributed by atoms with Gasteiger partial charge in [0.25, 0.3) is 5.91 Å². The van der Waals surface area contributed by atoms with Gasteiger partial charge in [-0.2, -0.15) is 0 Å². The molecule has 142 valence electrons. The van der Waals surface area contributed by atoms with E-state index in [9.17, 15) is 4.79 Å². The molecule has 0 spiro atoms. The normalized spacial score (nSPS) is 12.2. The number of halogens is 1. The van der Waals surface area contributed by atoms with Crippen LogP contribution in [0, 0.1) is 5.92 Å². The predicted molar refractivity (Wildman–Crippen MR) is 104 cm³/mol. The minimum Gasteiger partial charge on any atom is -0.377 e. The quantitative estimate of drug-likeness (QED) is 0.589. The van der Waals surface area contributed by atoms with Gasteiger partial charge >= 0.3 is 8.80 Å². The second kappa shape index (κ2) is 12.2. The molecule has 2 N–H and O–H groups in total. The average Bonchev–Trinajstić information content (AvgIpc) is 2.65. The Kier molecular flexibility index (Phi) is 11.6. The van der Waals surface area contributed by atoms with Gasteiger partial charge in [0.1, 0.15) is 0 Å². The minimum absolute atomic E-state index is 0. The second-order valence-electron chi connectivity index (χ2n) is 5.44. The highest BCUT2D eigenvalue weighted by Crippen LogP contribution is 2.22. The van der Waals surface area contributed by atoms with Crippen LogP contribution in [0.5, 0.6) is 0 Å². The molecule has 1 atom stereocenters. The molecule has 1 amide bonds. The van der Waals surface area contributed by atoms with Gasteiger partial charge < -0.3 is 23.9 Å². The van der Waals surface area contributed by atoms with Gasteiger partial charge in [-0.1, -0.05) is 24.8 Å². The highest BCUT2D eigenvalue weighted by atomic mass is 35.5. The first-order chi connectivity index (χ1) is 11.6. The molecule has 0 aliphatic carbocycles. The number of rotatable bonds is 11. The van der Waals surface area contributed by atoms with Crippen LogP contribution in [0.3, 0.4) is 0 Å². The fourth-order valence-corrected chi connectivity index (χ4v) is 4.58. The van der Waals surface area contributed by atoms with E-state index in [1.165, 1.54) is 0 Å². The molecule has 6 nitrogen and oxygen atoms in total. The third-order valence-electron chi connectivity index (χ3n) is 4.09. The maximum atomic E-state index is 12.5. The van der Waals surface area contributed by atoms with Gasteiger partial charge in [0, 0.05) is 39.5 Å². The summed E-state index contributed by atoms with van der Waals surface area (Å²) in [5, 5.41) is 0. The fraction of sp³-hybridized carbons (Fsp3) is 0.471. The average molecular weight is 389 g/mol. The molecular weight excluding hydrogens is 360 g/mol. The molecule has 1 aromatic rings. The molecule has 25 heavy (non-hydrogen) atoms.